The van der Waals surface area contributed by atoms with Crippen molar-refractivity contribution in [2.45, 2.75) is 31.2 Å². The molecule has 3 rings (SSSR count). The first-order valence-electron chi connectivity index (χ1n) is 8.22. The third-order valence-corrected chi connectivity index (χ3v) is 5.48. The van der Waals surface area contributed by atoms with Gasteiger partial charge in [-0.25, -0.2) is 0 Å². The lowest BCUT2D eigenvalue weighted by Gasteiger charge is -2.37. The number of halogens is 1. The zero-order chi connectivity index (χ0) is 17.3. The molecule has 0 radical (unpaired) electrons. The summed E-state index contributed by atoms with van der Waals surface area (Å²) >= 11 is 3.41. The van der Waals surface area contributed by atoms with Crippen LogP contribution in [0.5, 0.6) is 0 Å². The predicted octanol–water partition coefficient (Wildman–Crippen LogP) is 2.76. The lowest BCUT2D eigenvalue weighted by Crippen LogP contribution is -2.52. The van der Waals surface area contributed by atoms with Gasteiger partial charge in [-0.2, -0.15) is 5.10 Å². The van der Waals surface area contributed by atoms with E-state index < -0.39 is 5.54 Å². The van der Waals surface area contributed by atoms with Crippen molar-refractivity contribution in [1.29, 1.82) is 0 Å². The summed E-state index contributed by atoms with van der Waals surface area (Å²) in [4.78, 5) is 14.8. The third kappa shape index (κ3) is 3.26. The Bertz CT molecular complexity index is 715. The number of piperidine rings is 1. The van der Waals surface area contributed by atoms with Gasteiger partial charge in [0.1, 0.15) is 5.54 Å². The molecule has 2 heterocycles. The highest BCUT2D eigenvalue weighted by Gasteiger charge is 2.36. The highest BCUT2D eigenvalue weighted by atomic mass is 79.9. The number of carbonyl (C=O) groups is 1. The SMILES string of the molecule is Cn1nccc1C1CCN(C(=O)C(C)(N)c2ccc(Br)cc2)CC1. The van der Waals surface area contributed by atoms with Crippen molar-refractivity contribution < 1.29 is 4.79 Å². The number of aryl methyl sites for hydroxylation is 1. The molecule has 2 N–H and O–H groups in total. The Hall–Kier alpha value is -1.66. The summed E-state index contributed by atoms with van der Waals surface area (Å²) in [7, 11) is 1.97. The van der Waals surface area contributed by atoms with Crippen molar-refractivity contribution in [3.8, 4) is 0 Å². The van der Waals surface area contributed by atoms with E-state index in [1.54, 1.807) is 6.92 Å². The van der Waals surface area contributed by atoms with Gasteiger partial charge in [0.05, 0.1) is 0 Å². The maximum Gasteiger partial charge on any atom is 0.246 e. The molecule has 2 aromatic rings. The largest absolute Gasteiger partial charge is 0.341 e. The molecule has 1 amide bonds. The number of likely N-dealkylation sites (tertiary alicyclic amines) is 1. The summed E-state index contributed by atoms with van der Waals surface area (Å²) in [6, 6.07) is 9.72. The number of nitrogens with zero attached hydrogens (tertiary/aromatic N) is 3. The summed E-state index contributed by atoms with van der Waals surface area (Å²) in [6.07, 6.45) is 3.72. The van der Waals surface area contributed by atoms with Gasteiger partial charge in [-0.3, -0.25) is 9.48 Å². The molecule has 6 heteroatoms. The molecule has 24 heavy (non-hydrogen) atoms. The first-order chi connectivity index (χ1) is 11.4. The Morgan fingerprint density at radius 1 is 1.25 bits per heavy atom. The van der Waals surface area contributed by atoms with Crippen molar-refractivity contribution in [1.82, 2.24) is 14.7 Å². The average molecular weight is 391 g/mol. The fraction of sp³-hybridized carbons (Fsp3) is 0.444. The van der Waals surface area contributed by atoms with Crippen molar-refractivity contribution >= 4 is 21.8 Å². The van der Waals surface area contributed by atoms with E-state index in [2.05, 4.69) is 27.1 Å². The minimum atomic E-state index is -1.000. The number of aromatic nitrogens is 2. The molecule has 0 aliphatic carbocycles. The van der Waals surface area contributed by atoms with Crippen LogP contribution in [-0.2, 0) is 17.4 Å². The van der Waals surface area contributed by atoms with Gasteiger partial charge in [-0.15, -0.1) is 0 Å². The molecule has 1 aliphatic heterocycles. The maximum absolute atomic E-state index is 12.9. The van der Waals surface area contributed by atoms with Gasteiger partial charge in [0.15, 0.2) is 0 Å². The molecule has 1 saturated heterocycles. The topological polar surface area (TPSA) is 64.2 Å². The lowest BCUT2D eigenvalue weighted by molar-refractivity contribution is -0.137. The first-order valence-corrected chi connectivity index (χ1v) is 9.01. The molecular formula is C18H23BrN4O. The molecule has 1 aliphatic rings. The molecule has 1 fully saturated rings. The number of rotatable bonds is 3. The zero-order valence-electron chi connectivity index (χ0n) is 14.1. The molecule has 1 aromatic heterocycles. The summed E-state index contributed by atoms with van der Waals surface area (Å²) in [5.74, 6) is 0.450. The van der Waals surface area contributed by atoms with E-state index in [0.717, 1.165) is 36.0 Å². The average Bonchev–Trinajstić information content (AvgIpc) is 3.01. The minimum Gasteiger partial charge on any atom is -0.341 e. The Morgan fingerprint density at radius 3 is 2.42 bits per heavy atom. The minimum absolute atomic E-state index is 0.00622. The number of carbonyl (C=O) groups excluding carboxylic acids is 1. The second-order valence-corrected chi connectivity index (χ2v) is 7.57. The summed E-state index contributed by atoms with van der Waals surface area (Å²) in [6.45, 7) is 3.27. The van der Waals surface area contributed by atoms with Crippen LogP contribution in [0.2, 0.25) is 0 Å². The third-order valence-electron chi connectivity index (χ3n) is 4.95. The van der Waals surface area contributed by atoms with E-state index >= 15 is 0 Å². The van der Waals surface area contributed by atoms with Crippen LogP contribution in [0, 0.1) is 0 Å². The number of hydrogen-bond donors (Lipinski definition) is 1. The molecule has 0 saturated carbocycles. The Balaban J connectivity index is 1.68. The standard InChI is InChI=1S/C18H23BrN4O/c1-18(20,14-3-5-15(19)6-4-14)17(24)23-11-8-13(9-12-23)16-7-10-21-22(16)2/h3-7,10,13H,8-9,11-12,20H2,1-2H3. The van der Waals surface area contributed by atoms with E-state index in [0.29, 0.717) is 5.92 Å². The fourth-order valence-electron chi connectivity index (χ4n) is 3.41. The van der Waals surface area contributed by atoms with Crippen molar-refractivity contribution in [2.24, 2.45) is 12.8 Å². The molecule has 1 unspecified atom stereocenters. The van der Waals surface area contributed by atoms with Crippen LogP contribution in [0.25, 0.3) is 0 Å². The van der Waals surface area contributed by atoms with Crippen LogP contribution >= 0.6 is 15.9 Å². The van der Waals surface area contributed by atoms with Crippen LogP contribution in [0.3, 0.4) is 0 Å². The summed E-state index contributed by atoms with van der Waals surface area (Å²) in [5, 5.41) is 4.24. The highest BCUT2D eigenvalue weighted by molar-refractivity contribution is 9.10. The van der Waals surface area contributed by atoms with E-state index in [1.165, 1.54) is 5.69 Å². The number of amides is 1. The highest BCUT2D eigenvalue weighted by Crippen LogP contribution is 2.30. The molecule has 1 atom stereocenters. The second kappa shape index (κ2) is 6.69. The van der Waals surface area contributed by atoms with Gasteiger partial charge in [0.25, 0.3) is 0 Å². The Labute approximate surface area is 151 Å². The van der Waals surface area contributed by atoms with Gasteiger partial charge < -0.3 is 10.6 Å². The monoisotopic (exact) mass is 390 g/mol. The molecule has 5 nitrogen and oxygen atoms in total. The predicted molar refractivity (Wildman–Crippen MR) is 97.4 cm³/mol. The van der Waals surface area contributed by atoms with Crippen LogP contribution in [0.4, 0.5) is 0 Å². The summed E-state index contributed by atoms with van der Waals surface area (Å²) in [5.41, 5.74) is 7.47. The number of nitrogens with two attached hydrogens (primary N) is 1. The van der Waals surface area contributed by atoms with Crippen LogP contribution in [0.15, 0.2) is 41.0 Å². The Morgan fingerprint density at radius 2 is 1.88 bits per heavy atom. The van der Waals surface area contributed by atoms with Gasteiger partial charge in [0.2, 0.25) is 5.91 Å². The first kappa shape index (κ1) is 17.2. The molecule has 0 bridgehead atoms. The quantitative estimate of drug-likeness (QED) is 0.875. The van der Waals surface area contributed by atoms with E-state index in [-0.39, 0.29) is 5.91 Å². The molecular weight excluding hydrogens is 368 g/mol. The molecule has 128 valence electrons. The van der Waals surface area contributed by atoms with Crippen molar-refractivity contribution in [2.75, 3.05) is 13.1 Å². The van der Waals surface area contributed by atoms with E-state index in [1.807, 2.05) is 47.1 Å². The fourth-order valence-corrected chi connectivity index (χ4v) is 3.68. The zero-order valence-corrected chi connectivity index (χ0v) is 15.7. The summed E-state index contributed by atoms with van der Waals surface area (Å²) < 4.78 is 2.91. The van der Waals surface area contributed by atoms with Crippen molar-refractivity contribution in [3.63, 3.8) is 0 Å². The molecule has 1 aromatic carbocycles. The Kier molecular flexibility index (Phi) is 4.78. The van der Waals surface area contributed by atoms with Gasteiger partial charge in [-0.05, 0) is 43.5 Å². The number of benzene rings is 1. The van der Waals surface area contributed by atoms with Crippen LogP contribution < -0.4 is 5.73 Å². The van der Waals surface area contributed by atoms with E-state index in [4.69, 9.17) is 5.73 Å². The molecule has 0 spiro atoms. The van der Waals surface area contributed by atoms with Crippen LogP contribution in [0.1, 0.15) is 36.9 Å². The smallest absolute Gasteiger partial charge is 0.246 e. The normalized spacial score (nSPS) is 18.4. The van der Waals surface area contributed by atoms with Crippen molar-refractivity contribution in [3.05, 3.63) is 52.3 Å². The lowest BCUT2D eigenvalue weighted by atomic mass is 9.88. The van der Waals surface area contributed by atoms with Gasteiger partial charge in [-0.1, -0.05) is 28.1 Å². The van der Waals surface area contributed by atoms with Crippen LogP contribution in [-0.4, -0.2) is 33.7 Å². The second-order valence-electron chi connectivity index (χ2n) is 6.66. The van der Waals surface area contributed by atoms with E-state index in [9.17, 15) is 4.79 Å². The maximum atomic E-state index is 12.9. The van der Waals surface area contributed by atoms with Gasteiger partial charge >= 0.3 is 0 Å². The van der Waals surface area contributed by atoms with Gasteiger partial charge in [0, 0.05) is 42.4 Å². The number of hydrogen-bond acceptors (Lipinski definition) is 3.